The van der Waals surface area contributed by atoms with Crippen LogP contribution in [0, 0.1) is 18.0 Å². The highest BCUT2D eigenvalue weighted by Gasteiger charge is 2.34. The molecule has 0 aromatic carbocycles. The van der Waals surface area contributed by atoms with Gasteiger partial charge >= 0.3 is 5.97 Å². The molecule has 184 valence electrons. The molecule has 0 spiro atoms. The second kappa shape index (κ2) is 9.11. The van der Waals surface area contributed by atoms with E-state index in [0.29, 0.717) is 47.3 Å². The van der Waals surface area contributed by atoms with Gasteiger partial charge in [-0.3, -0.25) is 19.1 Å². The summed E-state index contributed by atoms with van der Waals surface area (Å²) in [5, 5.41) is 9.23. The number of carboxylic acids is 1. The van der Waals surface area contributed by atoms with Crippen LogP contribution < -0.4 is 15.1 Å². The van der Waals surface area contributed by atoms with Crippen LogP contribution >= 0.6 is 11.3 Å². The molecule has 1 fully saturated rings. The predicted molar refractivity (Wildman–Crippen MR) is 130 cm³/mol. The van der Waals surface area contributed by atoms with Gasteiger partial charge in [0.25, 0.3) is 0 Å². The lowest BCUT2D eigenvalue weighted by atomic mass is 9.92. The van der Waals surface area contributed by atoms with E-state index in [-0.39, 0.29) is 34.3 Å². The van der Waals surface area contributed by atoms with Gasteiger partial charge in [0.05, 0.1) is 30.8 Å². The number of carboxylic acid groups (broad SMARTS) is 1. The van der Waals surface area contributed by atoms with Crippen LogP contribution in [0.2, 0.25) is 0 Å². The number of hydrogen-bond acceptors (Lipinski definition) is 9. The molecule has 0 saturated carbocycles. The third-order valence-corrected chi connectivity index (χ3v) is 6.88. The number of carbonyl (C=O) groups is 2. The monoisotopic (exact) mass is 509 g/mol. The highest BCUT2D eigenvalue weighted by atomic mass is 32.1. The fourth-order valence-electron chi connectivity index (χ4n) is 4.12. The Balaban J connectivity index is 1.44. The molecule has 4 aromatic rings. The van der Waals surface area contributed by atoms with Crippen molar-refractivity contribution < 1.29 is 23.8 Å². The van der Waals surface area contributed by atoms with E-state index in [4.69, 9.17) is 4.74 Å². The molecule has 12 heteroatoms. The summed E-state index contributed by atoms with van der Waals surface area (Å²) in [7, 11) is 1.55. The number of carbonyl (C=O) groups excluding carboxylic acids is 1. The number of aromatic carboxylic acids is 1. The fraction of sp³-hybridized carbons (Fsp3) is 0.250. The molecular weight excluding hydrogens is 489 g/mol. The molecule has 0 amide bonds. The van der Waals surface area contributed by atoms with Crippen LogP contribution in [-0.2, 0) is 11.2 Å². The van der Waals surface area contributed by atoms with Crippen molar-refractivity contribution in [2.45, 2.75) is 13.3 Å². The predicted octanol–water partition coefficient (Wildman–Crippen LogP) is 2.64. The lowest BCUT2D eigenvalue weighted by molar-refractivity contribution is -0.123. The van der Waals surface area contributed by atoms with E-state index in [1.165, 1.54) is 4.57 Å². The van der Waals surface area contributed by atoms with E-state index in [1.807, 2.05) is 4.90 Å². The number of ether oxygens (including phenoxy) is 1. The van der Waals surface area contributed by atoms with E-state index in [1.54, 1.807) is 38.4 Å². The summed E-state index contributed by atoms with van der Waals surface area (Å²) in [4.78, 5) is 52.1. The van der Waals surface area contributed by atoms with Crippen molar-refractivity contribution in [3.8, 4) is 10.9 Å². The summed E-state index contributed by atoms with van der Waals surface area (Å²) >= 11 is 0.707. The summed E-state index contributed by atoms with van der Waals surface area (Å²) in [5.41, 5.74) is 0.217. The number of Topliss-reactive ketones (excluding diaryl/α,β-unsaturated/α-hetero) is 1. The molecule has 0 aliphatic carbocycles. The van der Waals surface area contributed by atoms with Gasteiger partial charge in [0.15, 0.2) is 15.9 Å². The van der Waals surface area contributed by atoms with Crippen molar-refractivity contribution >= 4 is 39.9 Å². The number of methoxy groups -OCH3 is 1. The first-order valence-corrected chi connectivity index (χ1v) is 11.8. The van der Waals surface area contributed by atoms with Crippen molar-refractivity contribution in [1.29, 1.82) is 0 Å². The zero-order chi connectivity index (χ0) is 25.6. The number of anilines is 1. The summed E-state index contributed by atoms with van der Waals surface area (Å²) in [6.07, 6.45) is 3.91. The van der Waals surface area contributed by atoms with Crippen molar-refractivity contribution in [3.63, 3.8) is 0 Å². The molecule has 0 radical (unpaired) electrons. The normalized spacial score (nSPS) is 13.6. The van der Waals surface area contributed by atoms with Crippen LogP contribution in [0.4, 0.5) is 10.2 Å². The number of ketones is 1. The number of thiazole rings is 1. The summed E-state index contributed by atoms with van der Waals surface area (Å²) in [6, 6.07) is 5.20. The van der Waals surface area contributed by atoms with Gasteiger partial charge in [0.2, 0.25) is 5.43 Å². The molecule has 36 heavy (non-hydrogen) atoms. The maximum Gasteiger partial charge on any atom is 0.341 e. The number of pyridine rings is 3. The van der Waals surface area contributed by atoms with E-state index < -0.39 is 22.1 Å². The van der Waals surface area contributed by atoms with Gasteiger partial charge in [-0.25, -0.2) is 14.8 Å². The molecule has 1 N–H and O–H groups in total. The van der Waals surface area contributed by atoms with E-state index in [0.717, 1.165) is 12.4 Å². The molecule has 0 bridgehead atoms. The minimum Gasteiger partial charge on any atom is -0.495 e. The Kier molecular flexibility index (Phi) is 5.96. The zero-order valence-electron chi connectivity index (χ0n) is 19.3. The van der Waals surface area contributed by atoms with Crippen LogP contribution in [0.5, 0.6) is 5.75 Å². The number of fused-ring (bicyclic) bond motifs is 1. The number of halogens is 1. The number of aromatic nitrogens is 4. The van der Waals surface area contributed by atoms with E-state index in [2.05, 4.69) is 15.0 Å². The maximum atomic E-state index is 13.7. The molecule has 1 saturated heterocycles. The van der Waals surface area contributed by atoms with Crippen molar-refractivity contribution in [3.05, 3.63) is 69.0 Å². The quantitative estimate of drug-likeness (QED) is 0.400. The summed E-state index contributed by atoms with van der Waals surface area (Å²) < 4.78 is 20.1. The van der Waals surface area contributed by atoms with Crippen LogP contribution in [0.15, 0.2) is 41.6 Å². The second-order valence-electron chi connectivity index (χ2n) is 8.42. The zero-order valence-corrected chi connectivity index (χ0v) is 20.1. The smallest absolute Gasteiger partial charge is 0.341 e. The van der Waals surface area contributed by atoms with Gasteiger partial charge in [-0.2, -0.15) is 4.39 Å². The van der Waals surface area contributed by atoms with Crippen LogP contribution in [-0.4, -0.2) is 56.6 Å². The van der Waals surface area contributed by atoms with Crippen LogP contribution in [0.25, 0.3) is 16.2 Å². The molecule has 5 heterocycles. The molecular formula is C24H20FN5O5S. The van der Waals surface area contributed by atoms with Gasteiger partial charge in [0.1, 0.15) is 22.9 Å². The van der Waals surface area contributed by atoms with E-state index in [9.17, 15) is 23.9 Å². The minimum atomic E-state index is -1.40. The molecule has 0 atom stereocenters. The third kappa shape index (κ3) is 4.19. The Morgan fingerprint density at radius 1 is 1.25 bits per heavy atom. The third-order valence-electron chi connectivity index (χ3n) is 6.09. The highest BCUT2D eigenvalue weighted by molar-refractivity contribution is 7.12. The topological polar surface area (TPSA) is 128 Å². The number of hydrogen-bond donors (Lipinski definition) is 1. The average Bonchev–Trinajstić information content (AvgIpc) is 3.24. The number of nitrogens with zero attached hydrogens (tertiary/aromatic N) is 5. The molecule has 1 aliphatic rings. The Hall–Kier alpha value is -4.19. The van der Waals surface area contributed by atoms with E-state index >= 15 is 0 Å². The first kappa shape index (κ1) is 23.5. The largest absolute Gasteiger partial charge is 0.495 e. The maximum absolute atomic E-state index is 13.7. The molecule has 10 nitrogen and oxygen atoms in total. The SMILES string of the molecule is COc1ccc(CC(=O)C2CN(c3cc(C)c4c(=O)c(C(=O)O)cn(-c5ncc(F)s5)c4n3)C2)nc1. The van der Waals surface area contributed by atoms with Gasteiger partial charge in [0, 0.05) is 31.4 Å². The van der Waals surface area contributed by atoms with Gasteiger partial charge < -0.3 is 14.7 Å². The highest BCUT2D eigenvalue weighted by Crippen LogP contribution is 2.29. The minimum absolute atomic E-state index is 0.0581. The molecule has 0 unspecified atom stereocenters. The average molecular weight is 510 g/mol. The summed E-state index contributed by atoms with van der Waals surface area (Å²) in [5.74, 6) is -0.390. The molecule has 5 rings (SSSR count). The Morgan fingerprint density at radius 3 is 2.64 bits per heavy atom. The first-order chi connectivity index (χ1) is 17.2. The lowest BCUT2D eigenvalue weighted by Gasteiger charge is -2.39. The molecule has 4 aromatic heterocycles. The second-order valence-corrected chi connectivity index (χ2v) is 9.38. The van der Waals surface area contributed by atoms with Crippen LogP contribution in [0.3, 0.4) is 0 Å². The van der Waals surface area contributed by atoms with Crippen LogP contribution in [0.1, 0.15) is 21.6 Å². The van der Waals surface area contributed by atoms with Gasteiger partial charge in [-0.05, 0) is 30.7 Å². The number of rotatable bonds is 7. The molecule has 1 aliphatic heterocycles. The van der Waals surface area contributed by atoms with Crippen molar-refractivity contribution in [2.75, 3.05) is 25.1 Å². The van der Waals surface area contributed by atoms with Crippen molar-refractivity contribution in [2.24, 2.45) is 5.92 Å². The van der Waals surface area contributed by atoms with Gasteiger partial charge in [-0.1, -0.05) is 11.3 Å². The fourth-order valence-corrected chi connectivity index (χ4v) is 4.75. The lowest BCUT2D eigenvalue weighted by Crippen LogP contribution is -2.51. The van der Waals surface area contributed by atoms with Gasteiger partial charge in [-0.15, -0.1) is 0 Å². The Labute approximate surface area is 207 Å². The Bertz CT molecular complexity index is 1560. The Morgan fingerprint density at radius 2 is 2.03 bits per heavy atom. The standard InChI is InChI=1S/C24H20FN5O5S/c1-12-5-19(29-9-13(10-29)17(31)6-14-3-4-15(35-2)7-26-14)28-22-20(12)21(32)16(23(33)34)11-30(22)24-27-8-18(25)36-24/h3-5,7-8,11,13H,6,9-10H2,1-2H3,(H,33,34). The summed E-state index contributed by atoms with van der Waals surface area (Å²) in [6.45, 7) is 2.57. The first-order valence-electron chi connectivity index (χ1n) is 10.9. The number of aryl methyl sites for hydroxylation is 1. The van der Waals surface area contributed by atoms with Crippen molar-refractivity contribution in [1.82, 2.24) is 19.5 Å².